The van der Waals surface area contributed by atoms with Crippen molar-refractivity contribution < 1.29 is 38.7 Å². The molecule has 3 rings (SSSR count). The first kappa shape index (κ1) is 28.8. The summed E-state index contributed by atoms with van der Waals surface area (Å²) in [6.45, 7) is 1.61. The normalized spacial score (nSPS) is 18.2. The number of carbonyl (C=O) groups excluding carboxylic acids is 4. The maximum Gasteiger partial charge on any atom is 0.326 e. The molecule has 2 aromatic rings. The molecule has 1 heterocycles. The highest BCUT2D eigenvalue weighted by molar-refractivity contribution is 5.99. The molecule has 13 nitrogen and oxygen atoms in total. The number of aliphatic carboxylic acids is 1. The van der Waals surface area contributed by atoms with Crippen molar-refractivity contribution >= 4 is 35.3 Å². The molecule has 206 valence electrons. The first-order valence-corrected chi connectivity index (χ1v) is 12.2. The third-order valence-electron chi connectivity index (χ3n) is 6.15. The Balaban J connectivity index is 1.72. The molecule has 13 heteroatoms. The minimum Gasteiger partial charge on any atom is -0.480 e. The molecule has 2 aromatic carbocycles. The number of carboxylic acids is 1. The van der Waals surface area contributed by atoms with Crippen LogP contribution in [0.25, 0.3) is 0 Å². The second-order valence-corrected chi connectivity index (χ2v) is 8.86. The van der Waals surface area contributed by atoms with Gasteiger partial charge in [-0.15, -0.1) is 0 Å². The third-order valence-corrected chi connectivity index (χ3v) is 6.15. The smallest absolute Gasteiger partial charge is 0.326 e. The lowest BCUT2D eigenvalue weighted by Gasteiger charge is -2.30. The van der Waals surface area contributed by atoms with Gasteiger partial charge in [-0.05, 0) is 18.1 Å². The number of non-ortho nitro benzene ring substituents is 1. The van der Waals surface area contributed by atoms with Crippen molar-refractivity contribution in [3.63, 3.8) is 0 Å². The average Bonchev–Trinajstić information content (AvgIpc) is 2.89. The molecule has 0 saturated carbocycles. The zero-order chi connectivity index (χ0) is 28.5. The lowest BCUT2D eigenvalue weighted by Crippen LogP contribution is -2.63. The standard InChI is InChI=1S/C26H28N4O9/c1-2-39-22(32)13-18(16-8-10-17(11-9-16)30(37)38)23(26(35)36)29-21(31)14-20-25(34)27-19(24(33)28-20)12-15-6-4-3-5-7-15/h3-11,18-20,23H,2,12-14H2,1H3,(H,27,34)(H,28,33)(H,29,31)(H,35,36)/t18-,19+,20+,23-/m1/s1. The number of ether oxygens (including phenoxy) is 1. The summed E-state index contributed by atoms with van der Waals surface area (Å²) < 4.78 is 4.94. The highest BCUT2D eigenvalue weighted by Gasteiger charge is 2.37. The van der Waals surface area contributed by atoms with Crippen molar-refractivity contribution in [3.8, 4) is 0 Å². The number of carboxylic acid groups (broad SMARTS) is 1. The van der Waals surface area contributed by atoms with E-state index in [4.69, 9.17) is 4.74 Å². The molecule has 1 fully saturated rings. The Bertz CT molecular complexity index is 1230. The summed E-state index contributed by atoms with van der Waals surface area (Å²) in [6.07, 6.45) is -0.736. The van der Waals surface area contributed by atoms with Gasteiger partial charge in [0.15, 0.2) is 0 Å². The molecule has 0 unspecified atom stereocenters. The number of nitro benzene ring substituents is 1. The number of hydrogen-bond acceptors (Lipinski definition) is 8. The van der Waals surface area contributed by atoms with Crippen molar-refractivity contribution in [2.45, 2.75) is 50.2 Å². The van der Waals surface area contributed by atoms with Crippen molar-refractivity contribution in [2.24, 2.45) is 0 Å². The minimum absolute atomic E-state index is 0.0394. The number of nitrogens with one attached hydrogen (secondary N) is 3. The zero-order valence-corrected chi connectivity index (χ0v) is 21.0. The van der Waals surface area contributed by atoms with Crippen LogP contribution in [-0.4, -0.2) is 64.4 Å². The molecule has 3 amide bonds. The van der Waals surface area contributed by atoms with E-state index < -0.39 is 71.5 Å². The van der Waals surface area contributed by atoms with Gasteiger partial charge in [-0.2, -0.15) is 0 Å². The van der Waals surface area contributed by atoms with E-state index in [9.17, 15) is 39.2 Å². The third kappa shape index (κ3) is 7.84. The Morgan fingerprint density at radius 2 is 1.64 bits per heavy atom. The number of piperazine rings is 1. The number of rotatable bonds is 12. The van der Waals surface area contributed by atoms with Gasteiger partial charge >= 0.3 is 11.9 Å². The van der Waals surface area contributed by atoms with Crippen LogP contribution in [0.2, 0.25) is 0 Å². The maximum absolute atomic E-state index is 12.8. The summed E-state index contributed by atoms with van der Waals surface area (Å²) in [7, 11) is 0. The number of esters is 1. The molecular weight excluding hydrogens is 512 g/mol. The Kier molecular flexibility index (Phi) is 9.68. The van der Waals surface area contributed by atoms with Crippen molar-refractivity contribution in [3.05, 3.63) is 75.8 Å². The number of benzene rings is 2. The fourth-order valence-electron chi connectivity index (χ4n) is 4.24. The molecule has 1 aliphatic rings. The SMILES string of the molecule is CCOC(=O)C[C@H](c1ccc([N+](=O)[O-])cc1)[C@@H](NC(=O)C[C@@H]1NC(=O)[C@H](Cc2ccccc2)NC1=O)C(=O)O. The van der Waals surface area contributed by atoms with E-state index >= 15 is 0 Å². The molecule has 0 spiro atoms. The monoisotopic (exact) mass is 540 g/mol. The van der Waals surface area contributed by atoms with E-state index in [1.54, 1.807) is 19.1 Å². The summed E-state index contributed by atoms with van der Waals surface area (Å²) in [6, 6.07) is 10.2. The molecule has 0 bridgehead atoms. The molecule has 4 N–H and O–H groups in total. The zero-order valence-electron chi connectivity index (χ0n) is 21.0. The fourth-order valence-corrected chi connectivity index (χ4v) is 4.24. The topological polar surface area (TPSA) is 194 Å². The molecule has 1 saturated heterocycles. The Hall–Kier alpha value is -4.81. The van der Waals surface area contributed by atoms with Gasteiger partial charge in [0.25, 0.3) is 5.69 Å². The van der Waals surface area contributed by atoms with E-state index in [0.29, 0.717) is 0 Å². The number of nitro groups is 1. The molecule has 4 atom stereocenters. The Morgan fingerprint density at radius 1 is 1.03 bits per heavy atom. The van der Waals surface area contributed by atoms with Crippen LogP contribution in [0.4, 0.5) is 5.69 Å². The van der Waals surface area contributed by atoms with Crippen LogP contribution in [0.3, 0.4) is 0 Å². The quantitative estimate of drug-likeness (QED) is 0.171. The number of nitrogens with zero attached hydrogens (tertiary/aromatic N) is 1. The summed E-state index contributed by atoms with van der Waals surface area (Å²) in [5.74, 6) is -5.30. The van der Waals surface area contributed by atoms with Gasteiger partial charge in [-0.25, -0.2) is 4.79 Å². The molecular formula is C26H28N4O9. The summed E-state index contributed by atoms with van der Waals surface area (Å²) in [5, 5.41) is 28.3. The molecule has 0 aromatic heterocycles. The van der Waals surface area contributed by atoms with Gasteiger partial charge in [0, 0.05) is 24.5 Å². The van der Waals surface area contributed by atoms with Crippen LogP contribution in [0.15, 0.2) is 54.6 Å². The van der Waals surface area contributed by atoms with Crippen LogP contribution in [-0.2, 0) is 35.1 Å². The molecule has 0 aliphatic carbocycles. The van der Waals surface area contributed by atoms with Gasteiger partial charge < -0.3 is 25.8 Å². The van der Waals surface area contributed by atoms with Gasteiger partial charge in [-0.1, -0.05) is 42.5 Å². The van der Waals surface area contributed by atoms with Crippen LogP contribution in [0, 0.1) is 10.1 Å². The lowest BCUT2D eigenvalue weighted by atomic mass is 9.88. The second-order valence-electron chi connectivity index (χ2n) is 8.86. The predicted octanol–water partition coefficient (Wildman–Crippen LogP) is 0.817. The number of carbonyl (C=O) groups is 5. The minimum atomic E-state index is -1.64. The highest BCUT2D eigenvalue weighted by Crippen LogP contribution is 2.27. The Morgan fingerprint density at radius 3 is 2.23 bits per heavy atom. The largest absolute Gasteiger partial charge is 0.480 e. The van der Waals surface area contributed by atoms with Crippen LogP contribution >= 0.6 is 0 Å². The van der Waals surface area contributed by atoms with Crippen LogP contribution in [0.1, 0.15) is 36.8 Å². The van der Waals surface area contributed by atoms with Gasteiger partial charge in [0.1, 0.15) is 18.1 Å². The predicted molar refractivity (Wildman–Crippen MR) is 135 cm³/mol. The maximum atomic E-state index is 12.8. The second kappa shape index (κ2) is 13.1. The van der Waals surface area contributed by atoms with Gasteiger partial charge in [0.05, 0.1) is 24.4 Å². The van der Waals surface area contributed by atoms with E-state index in [0.717, 1.165) is 17.7 Å². The average molecular weight is 541 g/mol. The van der Waals surface area contributed by atoms with Crippen molar-refractivity contribution in [2.75, 3.05) is 6.61 Å². The lowest BCUT2D eigenvalue weighted by molar-refractivity contribution is -0.384. The highest BCUT2D eigenvalue weighted by atomic mass is 16.6. The molecule has 1 aliphatic heterocycles. The van der Waals surface area contributed by atoms with Crippen LogP contribution in [0.5, 0.6) is 0 Å². The van der Waals surface area contributed by atoms with Crippen molar-refractivity contribution in [1.82, 2.24) is 16.0 Å². The first-order chi connectivity index (χ1) is 18.6. The summed E-state index contributed by atoms with van der Waals surface area (Å²) in [4.78, 5) is 72.8. The fraction of sp³-hybridized carbons (Fsp3) is 0.346. The van der Waals surface area contributed by atoms with Gasteiger partial charge in [-0.3, -0.25) is 29.3 Å². The number of amides is 3. The summed E-state index contributed by atoms with van der Waals surface area (Å²) in [5.41, 5.74) is 0.834. The van der Waals surface area contributed by atoms with E-state index in [1.165, 1.54) is 12.1 Å². The van der Waals surface area contributed by atoms with E-state index in [1.807, 2.05) is 18.2 Å². The number of hydrogen-bond donors (Lipinski definition) is 4. The van der Waals surface area contributed by atoms with E-state index in [2.05, 4.69) is 16.0 Å². The van der Waals surface area contributed by atoms with Crippen LogP contribution < -0.4 is 16.0 Å². The van der Waals surface area contributed by atoms with E-state index in [-0.39, 0.29) is 24.3 Å². The first-order valence-electron chi connectivity index (χ1n) is 12.2. The van der Waals surface area contributed by atoms with Crippen molar-refractivity contribution in [1.29, 1.82) is 0 Å². The molecule has 0 radical (unpaired) electrons. The van der Waals surface area contributed by atoms with Gasteiger partial charge in [0.2, 0.25) is 17.7 Å². The summed E-state index contributed by atoms with van der Waals surface area (Å²) >= 11 is 0. The Labute approximate surface area is 223 Å². The molecule has 39 heavy (non-hydrogen) atoms.